The Bertz CT molecular complexity index is 755. The highest BCUT2D eigenvalue weighted by Gasteiger charge is 2.05. The van der Waals surface area contributed by atoms with Gasteiger partial charge in [-0.25, -0.2) is 0 Å². The lowest BCUT2D eigenvalue weighted by Crippen LogP contribution is -2.24. The van der Waals surface area contributed by atoms with Crippen molar-refractivity contribution in [1.82, 2.24) is 5.32 Å². The predicted octanol–water partition coefficient (Wildman–Crippen LogP) is 4.52. The molecule has 130 valence electrons. The van der Waals surface area contributed by atoms with Gasteiger partial charge in [-0.3, -0.25) is 9.59 Å². The molecule has 0 bridgehead atoms. The summed E-state index contributed by atoms with van der Waals surface area (Å²) in [6.07, 6.45) is 5.07. The van der Waals surface area contributed by atoms with Gasteiger partial charge in [-0.2, -0.15) is 0 Å². The Labute approximate surface area is 152 Å². The first-order chi connectivity index (χ1) is 12.1. The van der Waals surface area contributed by atoms with Crippen molar-refractivity contribution in [2.75, 3.05) is 11.9 Å². The molecule has 25 heavy (non-hydrogen) atoms. The first kappa shape index (κ1) is 18.7. The van der Waals surface area contributed by atoms with Crippen molar-refractivity contribution in [3.8, 4) is 0 Å². The van der Waals surface area contributed by atoms with Gasteiger partial charge >= 0.3 is 0 Å². The molecule has 0 fully saturated rings. The smallest absolute Gasteiger partial charge is 0.251 e. The van der Waals surface area contributed by atoms with E-state index in [1.165, 1.54) is 6.08 Å². The van der Waals surface area contributed by atoms with Crippen LogP contribution in [0.3, 0.4) is 0 Å². The molecule has 0 aromatic heterocycles. The van der Waals surface area contributed by atoms with Gasteiger partial charge in [0.05, 0.1) is 0 Å². The zero-order valence-corrected chi connectivity index (χ0v) is 14.8. The van der Waals surface area contributed by atoms with Crippen LogP contribution in [0.4, 0.5) is 5.69 Å². The van der Waals surface area contributed by atoms with Gasteiger partial charge in [0.2, 0.25) is 5.91 Å². The van der Waals surface area contributed by atoms with Crippen LogP contribution in [0.2, 0.25) is 5.02 Å². The number of hydrogen-bond donors (Lipinski definition) is 2. The highest BCUT2D eigenvalue weighted by Crippen LogP contribution is 2.16. The van der Waals surface area contributed by atoms with E-state index in [1.807, 2.05) is 18.2 Å². The van der Waals surface area contributed by atoms with Crippen LogP contribution < -0.4 is 10.6 Å². The number of benzene rings is 2. The van der Waals surface area contributed by atoms with Gasteiger partial charge in [-0.1, -0.05) is 43.1 Å². The molecule has 0 aliphatic heterocycles. The van der Waals surface area contributed by atoms with E-state index >= 15 is 0 Å². The molecular formula is C20H21ClN2O2. The fraction of sp³-hybridized carbons (Fsp3) is 0.200. The molecule has 2 rings (SSSR count). The number of halogens is 1. The maximum Gasteiger partial charge on any atom is 0.251 e. The van der Waals surface area contributed by atoms with Gasteiger partial charge in [0.15, 0.2) is 0 Å². The minimum Gasteiger partial charge on any atom is -0.352 e. The molecule has 0 saturated heterocycles. The molecule has 4 nitrogen and oxygen atoms in total. The molecule has 0 saturated carbocycles. The highest BCUT2D eigenvalue weighted by molar-refractivity contribution is 6.32. The monoisotopic (exact) mass is 356 g/mol. The average molecular weight is 357 g/mol. The van der Waals surface area contributed by atoms with Crippen LogP contribution in [0.25, 0.3) is 6.08 Å². The van der Waals surface area contributed by atoms with E-state index in [0.29, 0.717) is 22.8 Å². The fourth-order valence-corrected chi connectivity index (χ4v) is 2.34. The summed E-state index contributed by atoms with van der Waals surface area (Å²) in [5.41, 5.74) is 1.97. The summed E-state index contributed by atoms with van der Waals surface area (Å²) < 4.78 is 0. The van der Waals surface area contributed by atoms with Crippen molar-refractivity contribution in [2.24, 2.45) is 0 Å². The first-order valence-corrected chi connectivity index (χ1v) is 8.60. The molecule has 5 heteroatoms. The topological polar surface area (TPSA) is 58.2 Å². The number of unbranched alkanes of at least 4 members (excludes halogenated alkanes) is 1. The van der Waals surface area contributed by atoms with Crippen LogP contribution >= 0.6 is 11.6 Å². The minimum absolute atomic E-state index is 0.107. The number of anilines is 1. The van der Waals surface area contributed by atoms with E-state index < -0.39 is 0 Å². The van der Waals surface area contributed by atoms with Gasteiger partial charge in [0.1, 0.15) is 0 Å². The Kier molecular flexibility index (Phi) is 7.23. The van der Waals surface area contributed by atoms with E-state index in [2.05, 4.69) is 17.6 Å². The van der Waals surface area contributed by atoms with Crippen LogP contribution in [0.5, 0.6) is 0 Å². The van der Waals surface area contributed by atoms with Crippen LogP contribution in [0, 0.1) is 0 Å². The third kappa shape index (κ3) is 6.08. The summed E-state index contributed by atoms with van der Waals surface area (Å²) in [7, 11) is 0. The summed E-state index contributed by atoms with van der Waals surface area (Å²) in [6, 6.07) is 14.1. The Hall–Kier alpha value is -2.59. The van der Waals surface area contributed by atoms with E-state index in [1.54, 1.807) is 36.4 Å². The predicted molar refractivity (Wildman–Crippen MR) is 103 cm³/mol. The molecule has 0 unspecified atom stereocenters. The van der Waals surface area contributed by atoms with Crippen LogP contribution in [0.1, 0.15) is 35.7 Å². The Morgan fingerprint density at radius 1 is 1.08 bits per heavy atom. The largest absolute Gasteiger partial charge is 0.352 e. The van der Waals surface area contributed by atoms with Crippen molar-refractivity contribution < 1.29 is 9.59 Å². The second-order valence-electron chi connectivity index (χ2n) is 5.53. The van der Waals surface area contributed by atoms with Crippen LogP contribution in [-0.4, -0.2) is 18.4 Å². The molecule has 2 amide bonds. The van der Waals surface area contributed by atoms with E-state index in [0.717, 1.165) is 18.4 Å². The van der Waals surface area contributed by atoms with Crippen molar-refractivity contribution >= 4 is 35.2 Å². The van der Waals surface area contributed by atoms with Gasteiger partial charge in [0, 0.05) is 28.9 Å². The SMILES string of the molecule is CCCCNC(=O)c1ccc(NC(=O)/C=C/c2ccccc2Cl)cc1. The molecule has 0 aliphatic carbocycles. The number of carbonyl (C=O) groups is 2. The molecule has 2 aromatic rings. The van der Waals surface area contributed by atoms with Gasteiger partial charge in [-0.05, 0) is 48.4 Å². The molecule has 2 aromatic carbocycles. The third-order valence-electron chi connectivity index (χ3n) is 3.55. The number of carbonyl (C=O) groups excluding carboxylic acids is 2. The highest BCUT2D eigenvalue weighted by atomic mass is 35.5. The molecule has 0 radical (unpaired) electrons. The van der Waals surface area contributed by atoms with Crippen molar-refractivity contribution in [3.63, 3.8) is 0 Å². The summed E-state index contributed by atoms with van der Waals surface area (Å²) in [4.78, 5) is 23.9. The lowest BCUT2D eigenvalue weighted by molar-refractivity contribution is -0.111. The maximum absolute atomic E-state index is 12.0. The van der Waals surface area contributed by atoms with E-state index in [9.17, 15) is 9.59 Å². The third-order valence-corrected chi connectivity index (χ3v) is 3.89. The van der Waals surface area contributed by atoms with Gasteiger partial charge in [0.25, 0.3) is 5.91 Å². The number of hydrogen-bond acceptors (Lipinski definition) is 2. The average Bonchev–Trinajstić information content (AvgIpc) is 2.62. The summed E-state index contributed by atoms with van der Waals surface area (Å²) >= 11 is 6.04. The molecule has 0 heterocycles. The Balaban J connectivity index is 1.91. The molecule has 0 atom stereocenters. The normalized spacial score (nSPS) is 10.6. The van der Waals surface area contributed by atoms with Crippen molar-refractivity contribution in [2.45, 2.75) is 19.8 Å². The fourth-order valence-electron chi connectivity index (χ4n) is 2.15. The zero-order valence-electron chi connectivity index (χ0n) is 14.1. The zero-order chi connectivity index (χ0) is 18.1. The molecule has 0 spiro atoms. The lowest BCUT2D eigenvalue weighted by Gasteiger charge is -2.06. The summed E-state index contributed by atoms with van der Waals surface area (Å²) in [6.45, 7) is 2.74. The Morgan fingerprint density at radius 3 is 2.48 bits per heavy atom. The van der Waals surface area contributed by atoms with E-state index in [4.69, 9.17) is 11.6 Å². The number of nitrogens with one attached hydrogen (secondary N) is 2. The van der Waals surface area contributed by atoms with Crippen LogP contribution in [0.15, 0.2) is 54.6 Å². The van der Waals surface area contributed by atoms with E-state index in [-0.39, 0.29) is 11.8 Å². The quantitative estimate of drug-likeness (QED) is 0.566. The van der Waals surface area contributed by atoms with Crippen LogP contribution in [-0.2, 0) is 4.79 Å². The Morgan fingerprint density at radius 2 is 1.80 bits per heavy atom. The van der Waals surface area contributed by atoms with Gasteiger partial charge < -0.3 is 10.6 Å². The van der Waals surface area contributed by atoms with Gasteiger partial charge in [-0.15, -0.1) is 0 Å². The number of rotatable bonds is 7. The maximum atomic E-state index is 12.0. The molecule has 2 N–H and O–H groups in total. The molecular weight excluding hydrogens is 336 g/mol. The standard InChI is InChI=1S/C20H21ClN2O2/c1-2-3-14-22-20(25)16-8-11-17(12-9-16)23-19(24)13-10-15-6-4-5-7-18(15)21/h4-13H,2-3,14H2,1H3,(H,22,25)(H,23,24)/b13-10+. The molecule has 0 aliphatic rings. The second-order valence-corrected chi connectivity index (χ2v) is 5.94. The summed E-state index contributed by atoms with van der Waals surface area (Å²) in [5, 5.41) is 6.19. The first-order valence-electron chi connectivity index (χ1n) is 8.22. The lowest BCUT2D eigenvalue weighted by atomic mass is 10.2. The van der Waals surface area contributed by atoms with Crippen molar-refractivity contribution in [3.05, 3.63) is 70.8 Å². The minimum atomic E-state index is -0.264. The van der Waals surface area contributed by atoms with Crippen molar-refractivity contribution in [1.29, 1.82) is 0 Å². The summed E-state index contributed by atoms with van der Waals surface area (Å²) in [5.74, 6) is -0.370. The second kappa shape index (κ2) is 9.64. The number of amides is 2.